The van der Waals surface area contributed by atoms with E-state index in [1.807, 2.05) is 13.8 Å². The van der Waals surface area contributed by atoms with Gasteiger partial charge in [-0.05, 0) is 19.4 Å². The van der Waals surface area contributed by atoms with Crippen LogP contribution in [0.15, 0.2) is 0 Å². The Morgan fingerprint density at radius 3 is 2.60 bits per heavy atom. The molecular weight excluding hydrogens is 212 g/mol. The molecule has 2 N–H and O–H groups in total. The molecular formula is C10H22N2O2S. The average Bonchev–Trinajstić information content (AvgIpc) is 2.20. The minimum atomic E-state index is -0.770. The van der Waals surface area contributed by atoms with Crippen LogP contribution in [0.2, 0.25) is 0 Å². The van der Waals surface area contributed by atoms with Crippen molar-refractivity contribution >= 4 is 16.7 Å². The fourth-order valence-corrected chi connectivity index (χ4v) is 1.45. The number of nitrogens with one attached hydrogen (secondary N) is 2. The fourth-order valence-electron chi connectivity index (χ4n) is 1.00. The predicted octanol–water partition coefficient (Wildman–Crippen LogP) is 0.259. The highest BCUT2D eigenvalue weighted by Gasteiger charge is 2.05. The predicted molar refractivity (Wildman–Crippen MR) is 64.3 cm³/mol. The number of hydrogen-bond acceptors (Lipinski definition) is 3. The molecule has 0 spiro atoms. The largest absolute Gasteiger partial charge is 0.355 e. The van der Waals surface area contributed by atoms with Gasteiger partial charge >= 0.3 is 0 Å². The fraction of sp³-hybridized carbons (Fsp3) is 0.900. The summed E-state index contributed by atoms with van der Waals surface area (Å²) in [7, 11) is -0.770. The molecule has 1 amide bonds. The Hall–Kier alpha value is -0.420. The summed E-state index contributed by atoms with van der Waals surface area (Å²) in [5.74, 6) is 0.0297. The zero-order valence-electron chi connectivity index (χ0n) is 9.84. The number of rotatable bonds is 8. The number of carbonyl (C=O) groups is 1. The van der Waals surface area contributed by atoms with Gasteiger partial charge in [0.1, 0.15) is 0 Å². The maximum atomic E-state index is 11.1. The molecule has 0 aromatic carbocycles. The van der Waals surface area contributed by atoms with Gasteiger partial charge in [0.05, 0.1) is 6.54 Å². The maximum absolute atomic E-state index is 11.1. The molecule has 0 fully saturated rings. The molecule has 0 aliphatic carbocycles. The van der Waals surface area contributed by atoms with Gasteiger partial charge in [-0.2, -0.15) is 0 Å². The van der Waals surface area contributed by atoms with E-state index in [2.05, 4.69) is 10.6 Å². The van der Waals surface area contributed by atoms with Gasteiger partial charge in [-0.3, -0.25) is 9.00 Å². The minimum absolute atomic E-state index is 0.0297. The first kappa shape index (κ1) is 14.6. The van der Waals surface area contributed by atoms with E-state index in [1.54, 1.807) is 6.26 Å². The first-order valence-corrected chi connectivity index (χ1v) is 6.99. The highest BCUT2D eigenvalue weighted by molar-refractivity contribution is 7.84. The zero-order valence-corrected chi connectivity index (χ0v) is 10.7. The first-order chi connectivity index (χ1) is 7.07. The molecule has 0 saturated heterocycles. The van der Waals surface area contributed by atoms with E-state index in [4.69, 9.17) is 0 Å². The third-order valence-electron chi connectivity index (χ3n) is 2.15. The second-order valence-corrected chi connectivity index (χ2v) is 5.43. The van der Waals surface area contributed by atoms with Gasteiger partial charge in [0.15, 0.2) is 0 Å². The molecule has 4 nitrogen and oxygen atoms in total. The molecule has 0 aromatic rings. The van der Waals surface area contributed by atoms with Gasteiger partial charge in [-0.15, -0.1) is 0 Å². The van der Waals surface area contributed by atoms with Crippen LogP contribution in [0.4, 0.5) is 0 Å². The number of amides is 1. The van der Waals surface area contributed by atoms with Gasteiger partial charge < -0.3 is 10.6 Å². The molecule has 2 atom stereocenters. The molecule has 0 rings (SSSR count). The van der Waals surface area contributed by atoms with Crippen molar-refractivity contribution in [3.8, 4) is 0 Å². The van der Waals surface area contributed by atoms with Crippen LogP contribution in [0.5, 0.6) is 0 Å². The molecule has 2 unspecified atom stereocenters. The normalized spacial score (nSPS) is 14.6. The highest BCUT2D eigenvalue weighted by atomic mass is 32.2. The van der Waals surface area contributed by atoms with E-state index < -0.39 is 10.8 Å². The SMILES string of the molecule is CCCNC(=O)CNCCC(C)S(C)=O. The van der Waals surface area contributed by atoms with Crippen molar-refractivity contribution in [2.45, 2.75) is 31.9 Å². The van der Waals surface area contributed by atoms with Crippen molar-refractivity contribution in [1.82, 2.24) is 10.6 Å². The molecule has 15 heavy (non-hydrogen) atoms. The van der Waals surface area contributed by atoms with E-state index in [1.165, 1.54) is 0 Å². The Bertz CT molecular complexity index is 210. The minimum Gasteiger partial charge on any atom is -0.355 e. The van der Waals surface area contributed by atoms with E-state index in [0.29, 0.717) is 6.54 Å². The van der Waals surface area contributed by atoms with Gasteiger partial charge in [-0.1, -0.05) is 13.8 Å². The summed E-state index contributed by atoms with van der Waals surface area (Å²) in [6.45, 7) is 5.79. The summed E-state index contributed by atoms with van der Waals surface area (Å²) < 4.78 is 11.0. The monoisotopic (exact) mass is 234 g/mol. The topological polar surface area (TPSA) is 58.2 Å². The lowest BCUT2D eigenvalue weighted by Gasteiger charge is -2.09. The summed E-state index contributed by atoms with van der Waals surface area (Å²) in [6.07, 6.45) is 3.50. The number of carbonyl (C=O) groups excluding carboxylic acids is 1. The van der Waals surface area contributed by atoms with Gasteiger partial charge in [0.25, 0.3) is 0 Å². The molecule has 0 radical (unpaired) electrons. The maximum Gasteiger partial charge on any atom is 0.233 e. The first-order valence-electron chi connectivity index (χ1n) is 5.37. The van der Waals surface area contributed by atoms with Gasteiger partial charge in [0.2, 0.25) is 5.91 Å². The lowest BCUT2D eigenvalue weighted by molar-refractivity contribution is -0.120. The van der Waals surface area contributed by atoms with Crippen molar-refractivity contribution in [3.63, 3.8) is 0 Å². The van der Waals surface area contributed by atoms with Crippen molar-refractivity contribution in [3.05, 3.63) is 0 Å². The van der Waals surface area contributed by atoms with Crippen LogP contribution in [0, 0.1) is 0 Å². The molecule has 5 heteroatoms. The van der Waals surface area contributed by atoms with Crippen molar-refractivity contribution in [2.75, 3.05) is 25.9 Å². The van der Waals surface area contributed by atoms with Crippen LogP contribution >= 0.6 is 0 Å². The lowest BCUT2D eigenvalue weighted by Crippen LogP contribution is -2.35. The Kier molecular flexibility index (Phi) is 8.61. The van der Waals surface area contributed by atoms with E-state index in [-0.39, 0.29) is 11.2 Å². The molecule has 0 aliphatic rings. The third kappa shape index (κ3) is 8.57. The summed E-state index contributed by atoms with van der Waals surface area (Å²) >= 11 is 0. The zero-order chi connectivity index (χ0) is 11.7. The Balaban J connectivity index is 3.38. The smallest absolute Gasteiger partial charge is 0.233 e. The van der Waals surface area contributed by atoms with Gasteiger partial charge in [0, 0.05) is 28.9 Å². The second-order valence-electron chi connectivity index (χ2n) is 3.62. The van der Waals surface area contributed by atoms with Gasteiger partial charge in [-0.25, -0.2) is 0 Å². The third-order valence-corrected chi connectivity index (χ3v) is 3.52. The van der Waals surface area contributed by atoms with Crippen LogP contribution < -0.4 is 10.6 Å². The lowest BCUT2D eigenvalue weighted by atomic mass is 10.3. The standard InChI is InChI=1S/C10H22N2O2S/c1-4-6-12-10(13)8-11-7-5-9(2)15(3)14/h9,11H,4-8H2,1-3H3,(H,12,13). The van der Waals surface area contributed by atoms with Crippen LogP contribution in [0.1, 0.15) is 26.7 Å². The van der Waals surface area contributed by atoms with E-state index in [0.717, 1.165) is 25.9 Å². The Morgan fingerprint density at radius 1 is 1.40 bits per heavy atom. The number of hydrogen-bond donors (Lipinski definition) is 2. The summed E-state index contributed by atoms with van der Waals surface area (Å²) in [5.41, 5.74) is 0. The average molecular weight is 234 g/mol. The molecule has 0 aliphatic heterocycles. The highest BCUT2D eigenvalue weighted by Crippen LogP contribution is 1.96. The quantitative estimate of drug-likeness (QED) is 0.592. The molecule has 0 heterocycles. The van der Waals surface area contributed by atoms with Crippen molar-refractivity contribution < 1.29 is 9.00 Å². The van der Waals surface area contributed by atoms with Crippen LogP contribution in [-0.4, -0.2) is 41.3 Å². The van der Waals surface area contributed by atoms with E-state index >= 15 is 0 Å². The van der Waals surface area contributed by atoms with Crippen molar-refractivity contribution in [2.24, 2.45) is 0 Å². The Morgan fingerprint density at radius 2 is 2.07 bits per heavy atom. The van der Waals surface area contributed by atoms with Crippen molar-refractivity contribution in [1.29, 1.82) is 0 Å². The Labute approximate surface area is 94.7 Å². The molecule has 0 saturated carbocycles. The molecule has 0 bridgehead atoms. The summed E-state index contributed by atoms with van der Waals surface area (Å²) in [4.78, 5) is 11.1. The second kappa shape index (κ2) is 8.85. The van der Waals surface area contributed by atoms with Crippen LogP contribution in [0.25, 0.3) is 0 Å². The summed E-state index contributed by atoms with van der Waals surface area (Å²) in [6, 6.07) is 0. The van der Waals surface area contributed by atoms with E-state index in [9.17, 15) is 9.00 Å². The van der Waals surface area contributed by atoms with Crippen LogP contribution in [0.3, 0.4) is 0 Å². The molecule has 0 aromatic heterocycles. The molecule has 90 valence electrons. The summed E-state index contributed by atoms with van der Waals surface area (Å²) in [5, 5.41) is 6.01. The van der Waals surface area contributed by atoms with Crippen LogP contribution in [-0.2, 0) is 15.6 Å².